The lowest BCUT2D eigenvalue weighted by Crippen LogP contribution is -2.54. The van der Waals surface area contributed by atoms with E-state index in [1.807, 2.05) is 13.8 Å². The summed E-state index contributed by atoms with van der Waals surface area (Å²) >= 11 is 0. The summed E-state index contributed by atoms with van der Waals surface area (Å²) in [6, 6.07) is 6.43. The molecular formula is C23H30N4O5. The van der Waals surface area contributed by atoms with E-state index >= 15 is 0 Å². The van der Waals surface area contributed by atoms with Crippen LogP contribution < -0.4 is 20.3 Å². The Kier molecular flexibility index (Phi) is 5.83. The van der Waals surface area contributed by atoms with Gasteiger partial charge in [0.05, 0.1) is 12.2 Å². The minimum absolute atomic E-state index is 0.00533. The van der Waals surface area contributed by atoms with Crippen molar-refractivity contribution >= 4 is 29.4 Å². The van der Waals surface area contributed by atoms with E-state index in [9.17, 15) is 19.2 Å². The number of fused-ring (bicyclic) bond motifs is 1. The molecule has 1 aromatic carbocycles. The number of benzene rings is 1. The average Bonchev–Trinajstić information content (AvgIpc) is 3.62. The first-order valence-electron chi connectivity index (χ1n) is 11.3. The van der Waals surface area contributed by atoms with E-state index in [4.69, 9.17) is 4.74 Å². The fourth-order valence-electron chi connectivity index (χ4n) is 4.41. The van der Waals surface area contributed by atoms with Gasteiger partial charge in [0.1, 0.15) is 17.8 Å². The van der Waals surface area contributed by atoms with E-state index in [1.54, 1.807) is 31.2 Å². The molecule has 9 heteroatoms. The van der Waals surface area contributed by atoms with Crippen LogP contribution in [0.2, 0.25) is 0 Å². The molecule has 2 unspecified atom stereocenters. The molecule has 0 bridgehead atoms. The number of urea groups is 1. The Bertz CT molecular complexity index is 942. The predicted molar refractivity (Wildman–Crippen MR) is 117 cm³/mol. The number of para-hydroxylation sites is 2. The predicted octanol–water partition coefficient (Wildman–Crippen LogP) is 1.81. The monoisotopic (exact) mass is 442 g/mol. The molecule has 0 spiro atoms. The lowest BCUT2D eigenvalue weighted by Gasteiger charge is -2.35. The second-order valence-electron chi connectivity index (χ2n) is 8.90. The Balaban J connectivity index is 1.52. The van der Waals surface area contributed by atoms with Gasteiger partial charge in [0.25, 0.3) is 11.8 Å². The van der Waals surface area contributed by atoms with E-state index < -0.39 is 23.6 Å². The van der Waals surface area contributed by atoms with Gasteiger partial charge in [-0.1, -0.05) is 26.0 Å². The summed E-state index contributed by atoms with van der Waals surface area (Å²) in [5.74, 6) is -0.576. The van der Waals surface area contributed by atoms with Crippen molar-refractivity contribution in [2.24, 2.45) is 5.92 Å². The van der Waals surface area contributed by atoms with Crippen LogP contribution in [0.15, 0.2) is 24.3 Å². The maximum Gasteiger partial charge on any atom is 0.325 e. The first-order chi connectivity index (χ1) is 15.3. The minimum Gasteiger partial charge on any atom is -0.477 e. The molecule has 2 heterocycles. The van der Waals surface area contributed by atoms with Gasteiger partial charge in [0.2, 0.25) is 5.91 Å². The third kappa shape index (κ3) is 3.91. The van der Waals surface area contributed by atoms with Crippen molar-refractivity contribution in [1.82, 2.24) is 15.5 Å². The Hall–Kier alpha value is -3.10. The highest BCUT2D eigenvalue weighted by Crippen LogP contribution is 2.42. The van der Waals surface area contributed by atoms with Crippen LogP contribution in [0.1, 0.15) is 46.5 Å². The number of carbonyl (C=O) groups excluding carboxylic acids is 4. The van der Waals surface area contributed by atoms with Gasteiger partial charge in [-0.2, -0.15) is 0 Å². The van der Waals surface area contributed by atoms with Crippen LogP contribution in [0.3, 0.4) is 0 Å². The second kappa shape index (κ2) is 8.44. The number of ether oxygens (including phenoxy) is 1. The topological polar surface area (TPSA) is 108 Å². The van der Waals surface area contributed by atoms with Crippen molar-refractivity contribution in [3.05, 3.63) is 24.3 Å². The van der Waals surface area contributed by atoms with Gasteiger partial charge in [0.15, 0.2) is 6.10 Å². The molecule has 2 aliphatic heterocycles. The van der Waals surface area contributed by atoms with Gasteiger partial charge < -0.3 is 20.3 Å². The molecule has 0 radical (unpaired) electrons. The summed E-state index contributed by atoms with van der Waals surface area (Å²) < 4.78 is 5.88. The maximum atomic E-state index is 13.3. The zero-order valence-corrected chi connectivity index (χ0v) is 18.7. The van der Waals surface area contributed by atoms with Crippen LogP contribution in [0.4, 0.5) is 10.5 Å². The van der Waals surface area contributed by atoms with Gasteiger partial charge in [-0.05, 0) is 50.7 Å². The molecule has 9 nitrogen and oxygen atoms in total. The maximum absolute atomic E-state index is 13.3. The average molecular weight is 443 g/mol. The van der Waals surface area contributed by atoms with Crippen LogP contribution >= 0.6 is 0 Å². The molecule has 172 valence electrons. The molecule has 4 rings (SSSR count). The summed E-state index contributed by atoms with van der Waals surface area (Å²) in [5, 5.41) is 5.72. The molecule has 1 aromatic rings. The number of carbonyl (C=O) groups is 4. The van der Waals surface area contributed by atoms with E-state index in [-0.39, 0.29) is 36.9 Å². The fourth-order valence-corrected chi connectivity index (χ4v) is 4.41. The molecule has 2 N–H and O–H groups in total. The molecule has 3 aliphatic rings. The quantitative estimate of drug-likeness (QED) is 0.626. The SMILES string of the molecule is CCC(CC)NC(=O)C1CN(C(=O)CN2C(=O)NC(C)(C3CC3)C2=O)c2ccccc2O1. The molecule has 1 saturated carbocycles. The van der Waals surface area contributed by atoms with E-state index in [2.05, 4.69) is 10.6 Å². The Morgan fingerprint density at radius 1 is 1.22 bits per heavy atom. The number of nitrogens with one attached hydrogen (secondary N) is 2. The number of amides is 5. The van der Waals surface area contributed by atoms with Crippen molar-refractivity contribution in [2.75, 3.05) is 18.0 Å². The van der Waals surface area contributed by atoms with Crippen LogP contribution in [0, 0.1) is 5.92 Å². The Labute approximate surface area is 187 Å². The summed E-state index contributed by atoms with van der Waals surface area (Å²) in [6.45, 7) is 5.33. The van der Waals surface area contributed by atoms with Gasteiger partial charge in [-0.3, -0.25) is 19.3 Å². The van der Waals surface area contributed by atoms with Crippen molar-refractivity contribution in [3.8, 4) is 5.75 Å². The molecule has 2 fully saturated rings. The Morgan fingerprint density at radius 2 is 1.91 bits per heavy atom. The molecule has 1 saturated heterocycles. The molecular weight excluding hydrogens is 412 g/mol. The molecule has 1 aliphatic carbocycles. The van der Waals surface area contributed by atoms with Crippen molar-refractivity contribution < 1.29 is 23.9 Å². The lowest BCUT2D eigenvalue weighted by molar-refractivity contribution is -0.135. The first kappa shape index (κ1) is 22.1. The van der Waals surface area contributed by atoms with Gasteiger partial charge in [0, 0.05) is 6.04 Å². The van der Waals surface area contributed by atoms with Gasteiger partial charge >= 0.3 is 6.03 Å². The zero-order chi connectivity index (χ0) is 23.0. The van der Waals surface area contributed by atoms with Crippen molar-refractivity contribution in [3.63, 3.8) is 0 Å². The number of hydrogen-bond acceptors (Lipinski definition) is 5. The standard InChI is InChI=1S/C23H30N4O5/c1-4-15(5-2)24-20(29)18-12-26(16-8-6-7-9-17(16)32-18)19(28)13-27-21(30)23(3,14-10-11-14)25-22(27)31/h6-9,14-15,18H,4-5,10-13H2,1-3H3,(H,24,29)(H,25,31). The number of anilines is 1. The lowest BCUT2D eigenvalue weighted by atomic mass is 9.96. The van der Waals surface area contributed by atoms with Crippen LogP contribution in [0.5, 0.6) is 5.75 Å². The highest BCUT2D eigenvalue weighted by Gasteiger charge is 2.56. The smallest absolute Gasteiger partial charge is 0.325 e. The van der Waals surface area contributed by atoms with Crippen LogP contribution in [0.25, 0.3) is 0 Å². The molecule has 32 heavy (non-hydrogen) atoms. The normalized spacial score (nSPS) is 24.8. The Morgan fingerprint density at radius 3 is 2.56 bits per heavy atom. The molecule has 5 amide bonds. The van der Waals surface area contributed by atoms with E-state index in [0.29, 0.717) is 11.4 Å². The second-order valence-corrected chi connectivity index (χ2v) is 8.90. The summed E-state index contributed by atoms with van der Waals surface area (Å²) in [7, 11) is 0. The third-order valence-corrected chi connectivity index (χ3v) is 6.69. The number of rotatable bonds is 7. The van der Waals surface area contributed by atoms with Crippen LogP contribution in [-0.2, 0) is 14.4 Å². The number of hydrogen-bond donors (Lipinski definition) is 2. The highest BCUT2D eigenvalue weighted by molar-refractivity contribution is 6.11. The largest absolute Gasteiger partial charge is 0.477 e. The number of nitrogens with zero attached hydrogens (tertiary/aromatic N) is 2. The molecule has 0 aromatic heterocycles. The first-order valence-corrected chi connectivity index (χ1v) is 11.3. The third-order valence-electron chi connectivity index (χ3n) is 6.69. The van der Waals surface area contributed by atoms with Crippen molar-refractivity contribution in [2.45, 2.75) is 64.1 Å². The fraction of sp³-hybridized carbons (Fsp3) is 0.565. The minimum atomic E-state index is -0.946. The summed E-state index contributed by atoms with van der Waals surface area (Å²) in [6.07, 6.45) is 2.47. The van der Waals surface area contributed by atoms with E-state index in [1.165, 1.54) is 4.90 Å². The summed E-state index contributed by atoms with van der Waals surface area (Å²) in [5.41, 5.74) is -0.432. The van der Waals surface area contributed by atoms with Gasteiger partial charge in [-0.25, -0.2) is 4.79 Å². The van der Waals surface area contributed by atoms with Crippen LogP contribution in [-0.4, -0.2) is 59.4 Å². The highest BCUT2D eigenvalue weighted by atomic mass is 16.5. The number of imide groups is 1. The molecule has 2 atom stereocenters. The zero-order valence-electron chi connectivity index (χ0n) is 18.7. The van der Waals surface area contributed by atoms with E-state index in [0.717, 1.165) is 30.6 Å². The van der Waals surface area contributed by atoms with Gasteiger partial charge in [-0.15, -0.1) is 0 Å². The summed E-state index contributed by atoms with van der Waals surface area (Å²) in [4.78, 5) is 53.9. The van der Waals surface area contributed by atoms with Crippen molar-refractivity contribution in [1.29, 1.82) is 0 Å².